The molecule has 5 N–H and O–H groups in total. The molecule has 1 amide bonds. The third kappa shape index (κ3) is 4.39. The predicted molar refractivity (Wildman–Crippen MR) is 119 cm³/mol. The molecule has 0 spiro atoms. The van der Waals surface area contributed by atoms with E-state index in [1.54, 1.807) is 6.20 Å². The van der Waals surface area contributed by atoms with Crippen molar-refractivity contribution in [2.24, 2.45) is 5.73 Å². The molecule has 32 heavy (non-hydrogen) atoms. The lowest BCUT2D eigenvalue weighted by molar-refractivity contribution is 0.0879. The minimum Gasteiger partial charge on any atom is -0.456 e. The molecule has 4 heterocycles. The Balaban J connectivity index is 1.39. The smallest absolute Gasteiger partial charge is 0.263 e. The molecule has 2 fully saturated rings. The highest BCUT2D eigenvalue weighted by molar-refractivity contribution is 6.02. The van der Waals surface area contributed by atoms with Crippen molar-refractivity contribution in [3.63, 3.8) is 0 Å². The highest BCUT2D eigenvalue weighted by Gasteiger charge is 2.28. The zero-order chi connectivity index (χ0) is 21.9. The van der Waals surface area contributed by atoms with Crippen molar-refractivity contribution in [3.05, 3.63) is 23.9 Å². The Labute approximate surface area is 186 Å². The summed E-state index contributed by atoms with van der Waals surface area (Å²) in [5.41, 5.74) is 7.56. The van der Waals surface area contributed by atoms with Crippen LogP contribution in [0.3, 0.4) is 0 Å². The SMILES string of the molecule is NC1CCCCC1Nc1nc(Nc2ccc(N3CCOCC3)cn2)c2c(n1)OCNC2=O. The normalized spacial score (nSPS) is 23.0. The van der Waals surface area contributed by atoms with Gasteiger partial charge in [-0.15, -0.1) is 0 Å². The van der Waals surface area contributed by atoms with Crippen molar-refractivity contribution in [2.45, 2.75) is 37.8 Å². The second-order valence-electron chi connectivity index (χ2n) is 8.20. The summed E-state index contributed by atoms with van der Waals surface area (Å²) in [6.45, 7) is 3.16. The predicted octanol–water partition coefficient (Wildman–Crippen LogP) is 1.21. The van der Waals surface area contributed by atoms with Crippen LogP contribution >= 0.6 is 0 Å². The Bertz CT molecular complexity index is 964. The number of carbonyl (C=O) groups is 1. The Morgan fingerprint density at radius 1 is 1.16 bits per heavy atom. The second-order valence-corrected chi connectivity index (χ2v) is 8.20. The molecule has 0 radical (unpaired) electrons. The van der Waals surface area contributed by atoms with E-state index in [2.05, 4.69) is 35.8 Å². The number of nitrogens with one attached hydrogen (secondary N) is 3. The Morgan fingerprint density at radius 3 is 2.78 bits per heavy atom. The molecule has 2 atom stereocenters. The number of pyridine rings is 1. The van der Waals surface area contributed by atoms with Gasteiger partial charge in [0.1, 0.15) is 11.4 Å². The molecule has 3 aliphatic rings. The van der Waals surface area contributed by atoms with E-state index in [-0.39, 0.29) is 36.2 Å². The molecule has 1 saturated heterocycles. The van der Waals surface area contributed by atoms with Gasteiger partial charge in [0.25, 0.3) is 5.91 Å². The summed E-state index contributed by atoms with van der Waals surface area (Å²) in [6.07, 6.45) is 5.96. The van der Waals surface area contributed by atoms with Gasteiger partial charge in [0.05, 0.1) is 25.1 Å². The molecule has 5 rings (SSSR count). The van der Waals surface area contributed by atoms with E-state index in [1.165, 1.54) is 0 Å². The van der Waals surface area contributed by atoms with Crippen LogP contribution in [0.2, 0.25) is 0 Å². The van der Waals surface area contributed by atoms with Gasteiger partial charge in [0.15, 0.2) is 12.5 Å². The Kier molecular flexibility index (Phi) is 5.91. The second kappa shape index (κ2) is 9.13. The fraction of sp³-hybridized carbons (Fsp3) is 0.524. The summed E-state index contributed by atoms with van der Waals surface area (Å²) in [6, 6.07) is 3.98. The first-order chi connectivity index (χ1) is 15.7. The van der Waals surface area contributed by atoms with Crippen LogP contribution in [0.4, 0.5) is 23.3 Å². The largest absolute Gasteiger partial charge is 0.456 e. The van der Waals surface area contributed by atoms with Gasteiger partial charge in [0, 0.05) is 25.2 Å². The zero-order valence-electron chi connectivity index (χ0n) is 17.8. The van der Waals surface area contributed by atoms with Gasteiger partial charge in [-0.2, -0.15) is 9.97 Å². The topological polar surface area (TPSA) is 140 Å². The number of morpholine rings is 1. The molecule has 170 valence electrons. The molecule has 11 heteroatoms. The first kappa shape index (κ1) is 20.7. The van der Waals surface area contributed by atoms with Gasteiger partial charge in [-0.05, 0) is 25.0 Å². The molecule has 11 nitrogen and oxygen atoms in total. The van der Waals surface area contributed by atoms with E-state index in [1.807, 2.05) is 12.1 Å². The van der Waals surface area contributed by atoms with E-state index in [9.17, 15) is 4.79 Å². The molecule has 1 saturated carbocycles. The summed E-state index contributed by atoms with van der Waals surface area (Å²) in [5, 5.41) is 9.16. The van der Waals surface area contributed by atoms with Crippen molar-refractivity contribution in [1.29, 1.82) is 0 Å². The summed E-state index contributed by atoms with van der Waals surface area (Å²) < 4.78 is 11.0. The van der Waals surface area contributed by atoms with E-state index in [0.717, 1.165) is 44.5 Å². The average Bonchev–Trinajstić information content (AvgIpc) is 2.82. The molecular formula is C21H28N8O3. The highest BCUT2D eigenvalue weighted by Crippen LogP contribution is 2.30. The number of fused-ring (bicyclic) bond motifs is 1. The third-order valence-electron chi connectivity index (χ3n) is 6.05. The number of carbonyl (C=O) groups excluding carboxylic acids is 1. The number of rotatable bonds is 5. The molecule has 0 bridgehead atoms. The van der Waals surface area contributed by atoms with E-state index >= 15 is 0 Å². The van der Waals surface area contributed by atoms with Crippen LogP contribution in [0, 0.1) is 0 Å². The number of hydrogen-bond donors (Lipinski definition) is 4. The summed E-state index contributed by atoms with van der Waals surface area (Å²) in [4.78, 5) is 28.3. The summed E-state index contributed by atoms with van der Waals surface area (Å²) in [7, 11) is 0. The van der Waals surface area contributed by atoms with E-state index < -0.39 is 0 Å². The van der Waals surface area contributed by atoms with Crippen molar-refractivity contribution >= 4 is 29.2 Å². The van der Waals surface area contributed by atoms with E-state index in [4.69, 9.17) is 15.2 Å². The van der Waals surface area contributed by atoms with Crippen LogP contribution in [-0.4, -0.2) is 66.0 Å². The van der Waals surface area contributed by atoms with Crippen molar-refractivity contribution in [2.75, 3.05) is 48.6 Å². The molecule has 1 aliphatic carbocycles. The maximum Gasteiger partial charge on any atom is 0.263 e. The van der Waals surface area contributed by atoms with Crippen LogP contribution < -0.4 is 31.3 Å². The number of amides is 1. The average molecular weight is 441 g/mol. The third-order valence-corrected chi connectivity index (χ3v) is 6.05. The number of anilines is 4. The lowest BCUT2D eigenvalue weighted by Crippen LogP contribution is -2.43. The van der Waals surface area contributed by atoms with Gasteiger partial charge in [0.2, 0.25) is 11.8 Å². The van der Waals surface area contributed by atoms with Crippen LogP contribution in [0.1, 0.15) is 36.0 Å². The first-order valence-corrected chi connectivity index (χ1v) is 11.1. The monoisotopic (exact) mass is 440 g/mol. The molecule has 2 aromatic heterocycles. The number of aromatic nitrogens is 3. The number of nitrogens with zero attached hydrogens (tertiary/aromatic N) is 4. The minimum absolute atomic E-state index is 0.0402. The lowest BCUT2D eigenvalue weighted by atomic mass is 9.91. The van der Waals surface area contributed by atoms with Crippen molar-refractivity contribution < 1.29 is 14.3 Å². The first-order valence-electron chi connectivity index (χ1n) is 11.1. The van der Waals surface area contributed by atoms with Crippen LogP contribution in [0.5, 0.6) is 5.88 Å². The molecule has 0 aromatic carbocycles. The molecule has 2 unspecified atom stereocenters. The summed E-state index contributed by atoms with van der Waals surface area (Å²) in [5.74, 6) is 1.24. The van der Waals surface area contributed by atoms with Crippen molar-refractivity contribution in [3.8, 4) is 5.88 Å². The fourth-order valence-electron chi connectivity index (χ4n) is 4.26. The van der Waals surface area contributed by atoms with Crippen LogP contribution in [0.25, 0.3) is 0 Å². The zero-order valence-corrected chi connectivity index (χ0v) is 17.8. The van der Waals surface area contributed by atoms with Gasteiger partial charge in [-0.3, -0.25) is 4.79 Å². The number of nitrogens with two attached hydrogens (primary N) is 1. The van der Waals surface area contributed by atoms with Crippen LogP contribution in [-0.2, 0) is 4.74 Å². The number of ether oxygens (including phenoxy) is 2. The number of hydrogen-bond acceptors (Lipinski definition) is 10. The van der Waals surface area contributed by atoms with Gasteiger partial charge < -0.3 is 36.1 Å². The quantitative estimate of drug-likeness (QED) is 0.536. The fourth-order valence-corrected chi connectivity index (χ4v) is 4.26. The van der Waals surface area contributed by atoms with Gasteiger partial charge >= 0.3 is 0 Å². The Hall–Kier alpha value is -3.18. The maximum atomic E-state index is 12.5. The Morgan fingerprint density at radius 2 is 2.00 bits per heavy atom. The standard InChI is InChI=1S/C21H28N8O3/c22-14-3-1-2-4-15(14)25-21-27-18(17-19(30)24-12-32-20(17)28-21)26-16-6-5-13(11-23-16)29-7-9-31-10-8-29/h5-6,11,14-15H,1-4,7-10,12,22H2,(H,24,30)(H2,23,25,26,27,28). The maximum absolute atomic E-state index is 12.5. The van der Waals surface area contributed by atoms with Crippen molar-refractivity contribution in [1.82, 2.24) is 20.3 Å². The van der Waals surface area contributed by atoms with Crippen LogP contribution in [0.15, 0.2) is 18.3 Å². The van der Waals surface area contributed by atoms with Gasteiger partial charge in [-0.25, -0.2) is 4.98 Å². The molecule has 2 aromatic rings. The summed E-state index contributed by atoms with van der Waals surface area (Å²) >= 11 is 0. The molecular weight excluding hydrogens is 412 g/mol. The molecule has 2 aliphatic heterocycles. The highest BCUT2D eigenvalue weighted by atomic mass is 16.5. The van der Waals surface area contributed by atoms with Gasteiger partial charge in [-0.1, -0.05) is 12.8 Å². The lowest BCUT2D eigenvalue weighted by Gasteiger charge is -2.30. The van der Waals surface area contributed by atoms with E-state index in [0.29, 0.717) is 30.8 Å². The minimum atomic E-state index is -0.292.